The molecule has 1 aromatic heterocycles. The molecule has 1 N–H and O–H groups in total. The second kappa shape index (κ2) is 7.16. The number of nitrogens with one attached hydrogen (secondary N) is 1. The van der Waals surface area contributed by atoms with Crippen molar-refractivity contribution in [2.75, 3.05) is 7.11 Å². The predicted octanol–water partition coefficient (Wildman–Crippen LogP) is 5.43. The van der Waals surface area contributed by atoms with E-state index < -0.39 is 0 Å². The fourth-order valence-electron chi connectivity index (χ4n) is 3.12. The molecule has 0 bridgehead atoms. The van der Waals surface area contributed by atoms with E-state index in [1.807, 2.05) is 36.4 Å². The molecule has 0 saturated heterocycles. The third-order valence-corrected chi connectivity index (χ3v) is 4.72. The van der Waals surface area contributed by atoms with Crippen LogP contribution in [0.15, 0.2) is 60.7 Å². The number of imidazole rings is 1. The second-order valence-electron chi connectivity index (χ2n) is 6.69. The van der Waals surface area contributed by atoms with Crippen LogP contribution < -0.4 is 9.47 Å². The monoisotopic (exact) mass is 358 g/mol. The maximum atomic E-state index is 6.00. The predicted molar refractivity (Wildman–Crippen MR) is 108 cm³/mol. The first-order valence-corrected chi connectivity index (χ1v) is 8.96. The fourth-order valence-corrected chi connectivity index (χ4v) is 3.12. The van der Waals surface area contributed by atoms with Crippen LogP contribution in [-0.2, 0) is 6.61 Å². The van der Waals surface area contributed by atoms with Crippen molar-refractivity contribution >= 4 is 11.0 Å². The van der Waals surface area contributed by atoms with Crippen LogP contribution in [0, 0.1) is 13.8 Å². The Morgan fingerprint density at radius 2 is 1.78 bits per heavy atom. The lowest BCUT2D eigenvalue weighted by Gasteiger charge is -2.13. The van der Waals surface area contributed by atoms with Crippen LogP contribution in [0.5, 0.6) is 11.5 Å². The molecule has 1 heterocycles. The number of aryl methyl sites for hydroxylation is 2. The first-order chi connectivity index (χ1) is 13.1. The molecule has 0 aliphatic carbocycles. The van der Waals surface area contributed by atoms with E-state index in [9.17, 15) is 0 Å². The van der Waals surface area contributed by atoms with Crippen LogP contribution in [0.1, 0.15) is 16.7 Å². The second-order valence-corrected chi connectivity index (χ2v) is 6.69. The van der Waals surface area contributed by atoms with Crippen LogP contribution in [0.2, 0.25) is 0 Å². The summed E-state index contributed by atoms with van der Waals surface area (Å²) in [6.45, 7) is 4.66. The van der Waals surface area contributed by atoms with Crippen molar-refractivity contribution < 1.29 is 9.47 Å². The van der Waals surface area contributed by atoms with Crippen molar-refractivity contribution in [1.82, 2.24) is 9.97 Å². The molecular formula is C23H22N2O2. The summed E-state index contributed by atoms with van der Waals surface area (Å²) in [6.07, 6.45) is 0. The highest BCUT2D eigenvalue weighted by Crippen LogP contribution is 2.33. The van der Waals surface area contributed by atoms with Crippen molar-refractivity contribution in [3.05, 3.63) is 77.4 Å². The fraction of sp³-hybridized carbons (Fsp3) is 0.174. The Morgan fingerprint density at radius 3 is 2.59 bits per heavy atom. The molecule has 0 amide bonds. The maximum absolute atomic E-state index is 6.00. The van der Waals surface area contributed by atoms with E-state index in [1.165, 1.54) is 11.1 Å². The Hall–Kier alpha value is -3.27. The van der Waals surface area contributed by atoms with Crippen LogP contribution >= 0.6 is 0 Å². The summed E-state index contributed by atoms with van der Waals surface area (Å²) in [5.74, 6) is 2.23. The minimum absolute atomic E-state index is 0.506. The minimum Gasteiger partial charge on any atom is -0.493 e. The van der Waals surface area contributed by atoms with Crippen LogP contribution in [0.4, 0.5) is 0 Å². The van der Waals surface area contributed by atoms with Gasteiger partial charge in [0.25, 0.3) is 0 Å². The lowest BCUT2D eigenvalue weighted by molar-refractivity contribution is 0.284. The number of methoxy groups -OCH3 is 1. The quantitative estimate of drug-likeness (QED) is 0.517. The number of aromatic nitrogens is 2. The number of benzene rings is 3. The van der Waals surface area contributed by atoms with Crippen molar-refractivity contribution in [2.45, 2.75) is 20.5 Å². The molecule has 0 saturated carbocycles. The number of rotatable bonds is 5. The maximum Gasteiger partial charge on any atom is 0.161 e. The van der Waals surface area contributed by atoms with Gasteiger partial charge in [-0.3, -0.25) is 0 Å². The van der Waals surface area contributed by atoms with E-state index in [2.05, 4.69) is 48.1 Å². The van der Waals surface area contributed by atoms with E-state index in [4.69, 9.17) is 9.47 Å². The van der Waals surface area contributed by atoms with Gasteiger partial charge in [0, 0.05) is 5.56 Å². The Balaban J connectivity index is 1.61. The molecule has 136 valence electrons. The van der Waals surface area contributed by atoms with Gasteiger partial charge < -0.3 is 14.5 Å². The molecule has 0 unspecified atom stereocenters. The molecule has 27 heavy (non-hydrogen) atoms. The molecule has 3 aromatic carbocycles. The van der Waals surface area contributed by atoms with Crippen LogP contribution in [0.25, 0.3) is 22.4 Å². The molecule has 4 rings (SSSR count). The molecule has 0 radical (unpaired) electrons. The highest BCUT2D eigenvalue weighted by molar-refractivity contribution is 5.80. The zero-order chi connectivity index (χ0) is 18.8. The van der Waals surface area contributed by atoms with Crippen molar-refractivity contribution in [2.24, 2.45) is 0 Å². The smallest absolute Gasteiger partial charge is 0.161 e. The van der Waals surface area contributed by atoms with Gasteiger partial charge in [-0.2, -0.15) is 0 Å². The van der Waals surface area contributed by atoms with Gasteiger partial charge in [0.1, 0.15) is 12.4 Å². The Labute approximate surface area is 158 Å². The number of ether oxygens (including phenoxy) is 2. The largest absolute Gasteiger partial charge is 0.493 e. The normalized spacial score (nSPS) is 10.9. The number of hydrogen-bond acceptors (Lipinski definition) is 3. The number of nitrogens with zero attached hydrogens (tertiary/aromatic N) is 1. The molecule has 0 atom stereocenters. The van der Waals surface area contributed by atoms with E-state index in [0.717, 1.165) is 33.7 Å². The minimum atomic E-state index is 0.506. The number of H-pyrrole nitrogens is 1. The Kier molecular flexibility index (Phi) is 4.55. The van der Waals surface area contributed by atoms with Gasteiger partial charge in [-0.1, -0.05) is 30.3 Å². The average molecular weight is 358 g/mol. The lowest BCUT2D eigenvalue weighted by Crippen LogP contribution is -1.99. The molecule has 0 aliphatic heterocycles. The summed E-state index contributed by atoms with van der Waals surface area (Å²) in [4.78, 5) is 8.06. The van der Waals surface area contributed by atoms with E-state index >= 15 is 0 Å². The highest BCUT2D eigenvalue weighted by Gasteiger charge is 2.11. The zero-order valence-electron chi connectivity index (χ0n) is 15.7. The lowest BCUT2D eigenvalue weighted by atomic mass is 10.1. The van der Waals surface area contributed by atoms with Gasteiger partial charge in [0.2, 0.25) is 0 Å². The molecule has 0 fully saturated rings. The summed E-state index contributed by atoms with van der Waals surface area (Å²) < 4.78 is 11.6. The topological polar surface area (TPSA) is 47.1 Å². The summed E-state index contributed by atoms with van der Waals surface area (Å²) in [7, 11) is 1.65. The van der Waals surface area contributed by atoms with E-state index in [1.54, 1.807) is 7.11 Å². The first kappa shape index (κ1) is 17.2. The Morgan fingerprint density at radius 1 is 0.926 bits per heavy atom. The first-order valence-electron chi connectivity index (χ1n) is 8.96. The van der Waals surface area contributed by atoms with Crippen molar-refractivity contribution in [1.29, 1.82) is 0 Å². The van der Waals surface area contributed by atoms with Crippen molar-refractivity contribution in [3.8, 4) is 22.9 Å². The van der Waals surface area contributed by atoms with Gasteiger partial charge in [-0.15, -0.1) is 0 Å². The third kappa shape index (κ3) is 3.51. The third-order valence-electron chi connectivity index (χ3n) is 4.72. The average Bonchev–Trinajstić information content (AvgIpc) is 3.10. The summed E-state index contributed by atoms with van der Waals surface area (Å²) in [5, 5.41) is 0. The van der Waals surface area contributed by atoms with Gasteiger partial charge in [0.05, 0.1) is 18.1 Å². The van der Waals surface area contributed by atoms with Gasteiger partial charge >= 0.3 is 0 Å². The van der Waals surface area contributed by atoms with Gasteiger partial charge in [-0.05, 0) is 60.9 Å². The molecule has 4 nitrogen and oxygen atoms in total. The molecule has 4 heteroatoms. The van der Waals surface area contributed by atoms with E-state index in [0.29, 0.717) is 12.4 Å². The number of aromatic amines is 1. The molecular weight excluding hydrogens is 336 g/mol. The zero-order valence-corrected chi connectivity index (χ0v) is 15.7. The van der Waals surface area contributed by atoms with Gasteiger partial charge in [0.15, 0.2) is 11.5 Å². The van der Waals surface area contributed by atoms with Gasteiger partial charge in [-0.25, -0.2) is 4.98 Å². The number of hydrogen-bond donors (Lipinski definition) is 1. The molecule has 0 spiro atoms. The summed E-state index contributed by atoms with van der Waals surface area (Å²) in [6, 6.07) is 20.3. The van der Waals surface area contributed by atoms with Crippen LogP contribution in [-0.4, -0.2) is 17.1 Å². The standard InChI is InChI=1S/C23H22N2O2/c1-15-8-10-19-20(12-15)25-23(24-19)17-9-11-21(22(13-17)26-3)27-14-18-7-5-4-6-16(18)2/h4-13H,14H2,1-3H3,(H,24,25). The summed E-state index contributed by atoms with van der Waals surface area (Å²) >= 11 is 0. The van der Waals surface area contributed by atoms with Crippen molar-refractivity contribution in [3.63, 3.8) is 0 Å². The Bertz CT molecular complexity index is 1100. The summed E-state index contributed by atoms with van der Waals surface area (Å²) in [5.41, 5.74) is 6.53. The highest BCUT2D eigenvalue weighted by atomic mass is 16.5. The van der Waals surface area contributed by atoms with E-state index in [-0.39, 0.29) is 0 Å². The van der Waals surface area contributed by atoms with Crippen LogP contribution in [0.3, 0.4) is 0 Å². The molecule has 0 aliphatic rings. The number of fused-ring (bicyclic) bond motifs is 1. The SMILES string of the molecule is COc1cc(-c2nc3ccc(C)cc3[nH]2)ccc1OCc1ccccc1C. The molecule has 4 aromatic rings.